The van der Waals surface area contributed by atoms with Crippen LogP contribution < -0.4 is 10.2 Å². The van der Waals surface area contributed by atoms with Gasteiger partial charge in [0.2, 0.25) is 0 Å². The van der Waals surface area contributed by atoms with Crippen molar-refractivity contribution in [3.63, 3.8) is 0 Å². The van der Waals surface area contributed by atoms with E-state index in [-0.39, 0.29) is 34.6 Å². The SMILES string of the molecule is CCC1(C)CC2(C)CC(Cn3ncc(-c4ccc(N5CCc6cccc(C(=O)Nc7nc8ccccc8s7)c6C5)nc4C(=O)O)c3C)CC(OCCO)(C1)C2. The second-order valence-electron chi connectivity index (χ2n) is 16.8. The molecule has 1 amide bonds. The van der Waals surface area contributed by atoms with Crippen LogP contribution in [-0.2, 0) is 24.2 Å². The second kappa shape index (κ2) is 14.5. The summed E-state index contributed by atoms with van der Waals surface area (Å²) in [5.74, 6) is -0.447. The maximum atomic E-state index is 13.6. The molecule has 0 spiro atoms. The van der Waals surface area contributed by atoms with Crippen molar-refractivity contribution < 1.29 is 24.5 Å². The lowest BCUT2D eigenvalue weighted by Gasteiger charge is -2.59. The molecule has 2 aromatic carbocycles. The van der Waals surface area contributed by atoms with Crippen LogP contribution in [0.15, 0.2) is 60.8 Å². The lowest BCUT2D eigenvalue weighted by Crippen LogP contribution is -2.55. The summed E-state index contributed by atoms with van der Waals surface area (Å²) >= 11 is 1.44. The van der Waals surface area contributed by atoms with Crippen LogP contribution in [0.4, 0.5) is 10.9 Å². The largest absolute Gasteiger partial charge is 0.476 e. The Morgan fingerprint density at radius 2 is 1.85 bits per heavy atom. The van der Waals surface area contributed by atoms with Gasteiger partial charge in [0.25, 0.3) is 5.91 Å². The molecular formula is C43H50N6O5S. The predicted molar refractivity (Wildman–Crippen MR) is 215 cm³/mol. The fourth-order valence-electron chi connectivity index (χ4n) is 10.4. The van der Waals surface area contributed by atoms with E-state index in [0.717, 1.165) is 71.1 Å². The van der Waals surface area contributed by atoms with Crippen molar-refractivity contribution in [2.75, 3.05) is 30.0 Å². The number of aliphatic hydroxyl groups is 1. The third-order valence-electron chi connectivity index (χ3n) is 12.4. The van der Waals surface area contributed by atoms with Crippen LogP contribution in [0, 0.1) is 23.7 Å². The normalized spacial score (nSPS) is 24.8. The number of hydrogen-bond donors (Lipinski definition) is 3. The first kappa shape index (κ1) is 37.3. The maximum Gasteiger partial charge on any atom is 0.355 e. The standard InChI is InChI=1S/C43H50N6O5S/c1-5-41(3)24-42(4)19-28(20-43(25-41,26-42)54-18-17-50)22-49-27(2)32(21-44-49)30-13-14-36(46-37(30)39(52)53)48-16-15-29-9-8-10-31(33(29)23-48)38(51)47-40-45-34-11-6-7-12-35(34)55-40/h6-14,21,28,50H,5,15-20,22-26H2,1-4H3,(H,52,53)(H,45,47,51). The molecule has 2 bridgehead atoms. The molecule has 0 saturated heterocycles. The molecule has 11 nitrogen and oxygen atoms in total. The molecule has 4 atom stereocenters. The number of aromatic carboxylic acids is 1. The molecule has 1 aliphatic heterocycles. The summed E-state index contributed by atoms with van der Waals surface area (Å²) in [5.41, 5.74) is 5.64. The second-order valence-corrected chi connectivity index (χ2v) is 17.8. The zero-order valence-corrected chi connectivity index (χ0v) is 32.9. The van der Waals surface area contributed by atoms with Crippen LogP contribution >= 0.6 is 11.3 Å². The van der Waals surface area contributed by atoms with E-state index in [4.69, 9.17) is 14.8 Å². The summed E-state index contributed by atoms with van der Waals surface area (Å²) in [4.78, 5) is 37.7. The van der Waals surface area contributed by atoms with Gasteiger partial charge in [-0.3, -0.25) is 14.8 Å². The van der Waals surface area contributed by atoms with Crippen LogP contribution in [0.3, 0.4) is 0 Å². The van der Waals surface area contributed by atoms with Gasteiger partial charge in [0.1, 0.15) is 5.82 Å². The quantitative estimate of drug-likeness (QED) is 0.122. The van der Waals surface area contributed by atoms with Crippen LogP contribution in [0.2, 0.25) is 0 Å². The van der Waals surface area contributed by atoms with Gasteiger partial charge in [-0.25, -0.2) is 14.8 Å². The molecule has 288 valence electrons. The fourth-order valence-corrected chi connectivity index (χ4v) is 11.2. The number of nitrogens with zero attached hydrogens (tertiary/aromatic N) is 5. The highest BCUT2D eigenvalue weighted by Crippen LogP contribution is 2.61. The molecule has 55 heavy (non-hydrogen) atoms. The van der Waals surface area contributed by atoms with Crippen LogP contribution in [-0.4, -0.2) is 67.2 Å². The first-order valence-corrected chi connectivity index (χ1v) is 20.3. The third kappa shape index (κ3) is 7.27. The molecule has 4 unspecified atom stereocenters. The Labute approximate surface area is 325 Å². The zero-order chi connectivity index (χ0) is 38.5. The van der Waals surface area contributed by atoms with E-state index in [0.29, 0.717) is 60.7 Å². The van der Waals surface area contributed by atoms with E-state index in [1.165, 1.54) is 11.3 Å². The van der Waals surface area contributed by atoms with Gasteiger partial charge in [-0.05, 0) is 104 Å². The fraction of sp³-hybridized carbons (Fsp3) is 0.465. The van der Waals surface area contributed by atoms with Crippen molar-refractivity contribution in [3.05, 3.63) is 88.9 Å². The highest BCUT2D eigenvalue weighted by Gasteiger charge is 2.55. The van der Waals surface area contributed by atoms with E-state index >= 15 is 0 Å². The lowest BCUT2D eigenvalue weighted by molar-refractivity contribution is -0.182. The zero-order valence-electron chi connectivity index (χ0n) is 32.1. The van der Waals surface area contributed by atoms with Crippen molar-refractivity contribution in [1.29, 1.82) is 0 Å². The number of amides is 1. The molecule has 12 heteroatoms. The summed E-state index contributed by atoms with van der Waals surface area (Å²) < 4.78 is 9.54. The number of carboxylic acid groups (broad SMARTS) is 1. The summed E-state index contributed by atoms with van der Waals surface area (Å²) in [6.07, 6.45) is 8.71. The van der Waals surface area contributed by atoms with Gasteiger partial charge in [0.05, 0.1) is 35.2 Å². The molecular weight excluding hydrogens is 713 g/mol. The van der Waals surface area contributed by atoms with Gasteiger partial charge in [-0.1, -0.05) is 62.8 Å². The highest BCUT2D eigenvalue weighted by molar-refractivity contribution is 7.22. The maximum absolute atomic E-state index is 13.6. The Bertz CT molecular complexity index is 2240. The smallest absolute Gasteiger partial charge is 0.355 e. The number of carbonyl (C=O) groups is 2. The van der Waals surface area contributed by atoms with Crippen LogP contribution in [0.25, 0.3) is 21.3 Å². The lowest BCUT2D eigenvalue weighted by atomic mass is 9.50. The predicted octanol–water partition coefficient (Wildman–Crippen LogP) is 8.14. The third-order valence-corrected chi connectivity index (χ3v) is 13.4. The minimum Gasteiger partial charge on any atom is -0.476 e. The molecule has 2 aliphatic carbocycles. The summed E-state index contributed by atoms with van der Waals surface area (Å²) in [6.45, 7) is 11.2. The minimum absolute atomic E-state index is 0.0153. The summed E-state index contributed by atoms with van der Waals surface area (Å²) in [5, 5.41) is 28.5. The molecule has 3 aromatic heterocycles. The first-order chi connectivity index (χ1) is 26.4. The average molecular weight is 763 g/mol. The minimum atomic E-state index is -1.10. The Morgan fingerprint density at radius 1 is 1.02 bits per heavy atom. The van der Waals surface area contributed by atoms with Crippen molar-refractivity contribution in [3.8, 4) is 11.1 Å². The summed E-state index contributed by atoms with van der Waals surface area (Å²) in [6, 6.07) is 17.3. The van der Waals surface area contributed by atoms with E-state index in [9.17, 15) is 19.8 Å². The number of benzene rings is 2. The van der Waals surface area contributed by atoms with Crippen molar-refractivity contribution in [2.24, 2.45) is 16.7 Å². The van der Waals surface area contributed by atoms with Gasteiger partial charge in [0.15, 0.2) is 10.8 Å². The number of aliphatic hydroxyl groups excluding tert-OH is 1. The number of aromatic nitrogens is 4. The molecule has 3 aliphatic rings. The number of carbonyl (C=O) groups excluding carboxylic acids is 1. The Kier molecular flexibility index (Phi) is 9.80. The average Bonchev–Trinajstić information content (AvgIpc) is 3.74. The van der Waals surface area contributed by atoms with Gasteiger partial charge in [-0.15, -0.1) is 0 Å². The molecule has 5 aromatic rings. The van der Waals surface area contributed by atoms with Crippen molar-refractivity contribution >= 4 is 44.4 Å². The number of para-hydroxylation sites is 1. The molecule has 4 heterocycles. The topological polar surface area (TPSA) is 143 Å². The first-order valence-electron chi connectivity index (χ1n) is 19.4. The number of ether oxygens (including phenoxy) is 1. The number of nitrogens with one attached hydrogen (secondary N) is 1. The highest BCUT2D eigenvalue weighted by atomic mass is 32.1. The Hall–Kier alpha value is -4.65. The number of carboxylic acids is 1. The van der Waals surface area contributed by atoms with Gasteiger partial charge < -0.3 is 19.8 Å². The van der Waals surface area contributed by atoms with Gasteiger partial charge in [0, 0.05) is 42.0 Å². The molecule has 0 radical (unpaired) electrons. The molecule has 2 fully saturated rings. The van der Waals surface area contributed by atoms with E-state index < -0.39 is 5.97 Å². The number of hydrogen-bond acceptors (Lipinski definition) is 9. The monoisotopic (exact) mass is 762 g/mol. The number of rotatable bonds is 11. The van der Waals surface area contributed by atoms with E-state index in [1.54, 1.807) is 6.20 Å². The van der Waals surface area contributed by atoms with Crippen LogP contribution in [0.5, 0.6) is 0 Å². The number of pyridine rings is 1. The Balaban J connectivity index is 1.02. The van der Waals surface area contributed by atoms with Gasteiger partial charge >= 0.3 is 5.97 Å². The van der Waals surface area contributed by atoms with Crippen molar-refractivity contribution in [2.45, 2.75) is 91.3 Å². The summed E-state index contributed by atoms with van der Waals surface area (Å²) in [7, 11) is 0. The molecule has 3 N–H and O–H groups in total. The van der Waals surface area contributed by atoms with Gasteiger partial charge in [-0.2, -0.15) is 5.10 Å². The van der Waals surface area contributed by atoms with Crippen LogP contribution in [0.1, 0.15) is 97.0 Å². The number of fused-ring (bicyclic) bond motifs is 4. The molecule has 8 rings (SSSR count). The van der Waals surface area contributed by atoms with E-state index in [1.807, 2.05) is 71.1 Å². The molecule has 2 saturated carbocycles. The van der Waals surface area contributed by atoms with E-state index in [2.05, 4.69) is 31.1 Å². The Morgan fingerprint density at radius 3 is 2.64 bits per heavy atom. The number of anilines is 2. The van der Waals surface area contributed by atoms with Crippen molar-refractivity contribution in [1.82, 2.24) is 19.7 Å². The number of thiazole rings is 1.